The van der Waals surface area contributed by atoms with Crippen LogP contribution in [-0.4, -0.2) is 11.5 Å². The molecule has 90 valence electrons. The highest BCUT2D eigenvalue weighted by Crippen LogP contribution is 2.25. The van der Waals surface area contributed by atoms with E-state index in [1.54, 1.807) is 0 Å². The Bertz CT molecular complexity index is 465. The van der Waals surface area contributed by atoms with Crippen LogP contribution in [0.5, 0.6) is 0 Å². The molecule has 0 radical (unpaired) electrons. The van der Waals surface area contributed by atoms with E-state index in [0.29, 0.717) is 6.54 Å². The molecule has 0 fully saturated rings. The molecule has 0 aliphatic heterocycles. The minimum Gasteiger partial charge on any atom is -0.397 e. The molecule has 0 atom stereocenters. The minimum absolute atomic E-state index is 0. The van der Waals surface area contributed by atoms with Gasteiger partial charge in [0.25, 0.3) is 0 Å². The van der Waals surface area contributed by atoms with Gasteiger partial charge in [-0.1, -0.05) is 0 Å². The highest BCUT2D eigenvalue weighted by atomic mass is 35.5. The molecule has 0 amide bonds. The van der Waals surface area contributed by atoms with Crippen molar-refractivity contribution in [3.8, 4) is 0 Å². The summed E-state index contributed by atoms with van der Waals surface area (Å²) in [6, 6.07) is 4.12. The Morgan fingerprint density at radius 2 is 1.94 bits per heavy atom. The molecule has 1 aromatic carbocycles. The van der Waals surface area contributed by atoms with Gasteiger partial charge in [0.2, 0.25) is 0 Å². The maximum absolute atomic E-state index is 5.90. The molecule has 1 aromatic heterocycles. The summed E-state index contributed by atoms with van der Waals surface area (Å²) < 4.78 is 0. The highest BCUT2D eigenvalue weighted by molar-refractivity contribution is 5.93. The molecule has 3 nitrogen and oxygen atoms in total. The van der Waals surface area contributed by atoms with Crippen LogP contribution in [0, 0.1) is 6.92 Å². The van der Waals surface area contributed by atoms with Crippen LogP contribution in [0.4, 0.5) is 5.69 Å². The zero-order chi connectivity index (χ0) is 10.1. The average Bonchev–Trinajstić information content (AvgIpc) is 2.49. The average molecular weight is 262 g/mol. The van der Waals surface area contributed by atoms with E-state index < -0.39 is 0 Å². The summed E-state index contributed by atoms with van der Waals surface area (Å²) in [5.41, 5.74) is 15.7. The normalized spacial score (nSPS) is 9.62. The molecule has 0 bridgehead atoms. The van der Waals surface area contributed by atoms with E-state index in [2.05, 4.69) is 18.0 Å². The summed E-state index contributed by atoms with van der Waals surface area (Å²) in [5.74, 6) is 0. The molecule has 5 N–H and O–H groups in total. The molecule has 0 unspecified atom stereocenters. The van der Waals surface area contributed by atoms with E-state index in [-0.39, 0.29) is 24.8 Å². The predicted octanol–water partition coefficient (Wildman–Crippen LogP) is 2.40. The number of fused-ring (bicyclic) bond motifs is 1. The quantitative estimate of drug-likeness (QED) is 0.727. The number of nitrogen functional groups attached to an aromatic ring is 1. The van der Waals surface area contributed by atoms with E-state index in [4.69, 9.17) is 11.5 Å². The topological polar surface area (TPSA) is 67.8 Å². The molecule has 16 heavy (non-hydrogen) atoms. The Labute approximate surface area is 107 Å². The summed E-state index contributed by atoms with van der Waals surface area (Å²) in [4.78, 5) is 3.19. The van der Waals surface area contributed by atoms with Gasteiger partial charge in [-0.15, -0.1) is 24.8 Å². The van der Waals surface area contributed by atoms with E-state index in [1.165, 1.54) is 16.5 Å². The van der Waals surface area contributed by atoms with Gasteiger partial charge < -0.3 is 16.5 Å². The molecule has 0 aliphatic carbocycles. The fraction of sp³-hybridized carbons (Fsp3) is 0.273. The number of aromatic amines is 1. The first-order valence-corrected chi connectivity index (χ1v) is 4.78. The van der Waals surface area contributed by atoms with Gasteiger partial charge in [-0.2, -0.15) is 0 Å². The van der Waals surface area contributed by atoms with E-state index in [9.17, 15) is 0 Å². The van der Waals surface area contributed by atoms with Gasteiger partial charge in [-0.05, 0) is 43.1 Å². The van der Waals surface area contributed by atoms with Gasteiger partial charge in [0, 0.05) is 11.6 Å². The second-order valence-electron chi connectivity index (χ2n) is 3.63. The number of nitrogens with two attached hydrogens (primary N) is 2. The zero-order valence-corrected chi connectivity index (χ0v) is 10.8. The Morgan fingerprint density at radius 1 is 1.25 bits per heavy atom. The molecule has 0 saturated heterocycles. The Hall–Kier alpha value is -0.900. The van der Waals surface area contributed by atoms with Crippen molar-refractivity contribution in [3.05, 3.63) is 29.5 Å². The van der Waals surface area contributed by atoms with Crippen molar-refractivity contribution in [2.45, 2.75) is 13.3 Å². The molecule has 2 aromatic rings. The second kappa shape index (κ2) is 5.99. The van der Waals surface area contributed by atoms with Gasteiger partial charge >= 0.3 is 0 Å². The van der Waals surface area contributed by atoms with Crippen molar-refractivity contribution in [1.82, 2.24) is 4.98 Å². The summed E-state index contributed by atoms with van der Waals surface area (Å²) in [5, 5.41) is 1.20. The lowest BCUT2D eigenvalue weighted by Crippen LogP contribution is -2.01. The van der Waals surface area contributed by atoms with Crippen LogP contribution in [-0.2, 0) is 6.42 Å². The number of nitrogens with one attached hydrogen (secondary N) is 1. The van der Waals surface area contributed by atoms with Crippen LogP contribution in [0.15, 0.2) is 18.3 Å². The number of hydrogen-bond donors (Lipinski definition) is 3. The molecule has 0 saturated carbocycles. The number of rotatable bonds is 2. The van der Waals surface area contributed by atoms with Crippen molar-refractivity contribution >= 4 is 41.4 Å². The van der Waals surface area contributed by atoms with E-state index in [0.717, 1.165) is 17.6 Å². The SMILES string of the molecule is Cc1cc(N)c2[nH]cc(CCN)c2c1.Cl.Cl. The number of benzene rings is 1. The summed E-state index contributed by atoms with van der Waals surface area (Å²) in [6.45, 7) is 2.72. The van der Waals surface area contributed by atoms with Crippen LogP contribution in [0.25, 0.3) is 10.9 Å². The number of aryl methyl sites for hydroxylation is 1. The molecule has 0 spiro atoms. The molecular formula is C11H17Cl2N3. The van der Waals surface area contributed by atoms with Crippen LogP contribution >= 0.6 is 24.8 Å². The van der Waals surface area contributed by atoms with Gasteiger partial charge in [0.15, 0.2) is 0 Å². The third-order valence-electron chi connectivity index (χ3n) is 2.46. The summed E-state index contributed by atoms with van der Waals surface area (Å²) in [7, 11) is 0. The Kier molecular flexibility index (Phi) is 5.65. The van der Waals surface area contributed by atoms with Gasteiger partial charge in [0.1, 0.15) is 0 Å². The number of aromatic nitrogens is 1. The maximum Gasteiger partial charge on any atom is 0.0690 e. The Balaban J connectivity index is 0.00000112. The molecular weight excluding hydrogens is 245 g/mol. The highest BCUT2D eigenvalue weighted by Gasteiger charge is 2.05. The van der Waals surface area contributed by atoms with Crippen LogP contribution in [0.1, 0.15) is 11.1 Å². The number of H-pyrrole nitrogens is 1. The van der Waals surface area contributed by atoms with Crippen molar-refractivity contribution in [2.75, 3.05) is 12.3 Å². The van der Waals surface area contributed by atoms with Gasteiger partial charge in [0.05, 0.1) is 11.2 Å². The zero-order valence-electron chi connectivity index (χ0n) is 9.12. The van der Waals surface area contributed by atoms with Crippen LogP contribution < -0.4 is 11.5 Å². The monoisotopic (exact) mass is 261 g/mol. The van der Waals surface area contributed by atoms with Crippen LogP contribution in [0.3, 0.4) is 0 Å². The first kappa shape index (κ1) is 15.1. The molecule has 1 heterocycles. The predicted molar refractivity (Wildman–Crippen MR) is 74.7 cm³/mol. The van der Waals surface area contributed by atoms with E-state index >= 15 is 0 Å². The summed E-state index contributed by atoms with van der Waals surface area (Å²) in [6.07, 6.45) is 2.89. The summed E-state index contributed by atoms with van der Waals surface area (Å²) >= 11 is 0. The first-order chi connectivity index (χ1) is 6.72. The van der Waals surface area contributed by atoms with Crippen molar-refractivity contribution in [2.24, 2.45) is 5.73 Å². The fourth-order valence-corrected chi connectivity index (χ4v) is 1.83. The maximum atomic E-state index is 5.90. The lowest BCUT2D eigenvalue weighted by molar-refractivity contribution is 0.976. The largest absolute Gasteiger partial charge is 0.397 e. The van der Waals surface area contributed by atoms with Crippen molar-refractivity contribution < 1.29 is 0 Å². The molecule has 2 rings (SSSR count). The molecule has 0 aliphatic rings. The van der Waals surface area contributed by atoms with Crippen molar-refractivity contribution in [1.29, 1.82) is 0 Å². The lowest BCUT2D eigenvalue weighted by Gasteiger charge is -2.01. The fourth-order valence-electron chi connectivity index (χ4n) is 1.83. The third-order valence-corrected chi connectivity index (χ3v) is 2.46. The third kappa shape index (κ3) is 2.61. The lowest BCUT2D eigenvalue weighted by atomic mass is 10.1. The number of anilines is 1. The Morgan fingerprint density at radius 3 is 2.56 bits per heavy atom. The van der Waals surface area contributed by atoms with Gasteiger partial charge in [-0.25, -0.2) is 0 Å². The van der Waals surface area contributed by atoms with Gasteiger partial charge in [-0.3, -0.25) is 0 Å². The number of hydrogen-bond acceptors (Lipinski definition) is 2. The van der Waals surface area contributed by atoms with E-state index in [1.807, 2.05) is 12.3 Å². The minimum atomic E-state index is 0. The number of halogens is 2. The first-order valence-electron chi connectivity index (χ1n) is 4.78. The molecule has 5 heteroatoms. The van der Waals surface area contributed by atoms with Crippen molar-refractivity contribution in [3.63, 3.8) is 0 Å². The second-order valence-corrected chi connectivity index (χ2v) is 3.63. The smallest absolute Gasteiger partial charge is 0.0690 e. The van der Waals surface area contributed by atoms with Crippen LogP contribution in [0.2, 0.25) is 0 Å². The standard InChI is InChI=1S/C11H15N3.2ClH/c1-7-4-9-8(2-3-12)6-14-11(9)10(13)5-7;;/h4-6,14H,2-3,12-13H2,1H3;2*1H.